The zero-order valence-electron chi connectivity index (χ0n) is 13.9. The van der Waals surface area contributed by atoms with E-state index >= 15 is 0 Å². The number of hydrogen-bond donors (Lipinski definition) is 3. The number of aromatic nitrogens is 2. The molecule has 0 atom stereocenters. The predicted molar refractivity (Wildman–Crippen MR) is 97.7 cm³/mol. The van der Waals surface area contributed by atoms with Crippen molar-refractivity contribution in [2.75, 3.05) is 7.05 Å². The Hall–Kier alpha value is -2.48. The first-order chi connectivity index (χ1) is 11.4. The van der Waals surface area contributed by atoms with Crippen LogP contribution in [0.15, 0.2) is 29.1 Å². The number of benzene rings is 1. The number of rotatable bonds is 4. The highest BCUT2D eigenvalue weighted by Gasteiger charge is 2.16. The Balaban J connectivity index is 2.43. The second-order valence-electron chi connectivity index (χ2n) is 5.76. The Labute approximate surface area is 145 Å². The van der Waals surface area contributed by atoms with E-state index in [-0.39, 0.29) is 16.4 Å². The molecular formula is C16H21N5O2S. The Morgan fingerprint density at radius 3 is 2.54 bits per heavy atom. The van der Waals surface area contributed by atoms with E-state index in [9.17, 15) is 9.59 Å². The van der Waals surface area contributed by atoms with E-state index in [4.69, 9.17) is 12.2 Å². The van der Waals surface area contributed by atoms with Gasteiger partial charge < -0.3 is 5.32 Å². The molecule has 0 fully saturated rings. The Kier molecular flexibility index (Phi) is 5.86. The average Bonchev–Trinajstić information content (AvgIpc) is 2.58. The highest BCUT2D eigenvalue weighted by molar-refractivity contribution is 7.80. The summed E-state index contributed by atoms with van der Waals surface area (Å²) in [5.41, 5.74) is 5.04. The van der Waals surface area contributed by atoms with E-state index in [2.05, 4.69) is 35.1 Å². The number of fused-ring (bicyclic) bond motifs is 1. The molecule has 0 spiro atoms. The summed E-state index contributed by atoms with van der Waals surface area (Å²) in [6.45, 7) is 4.61. The maximum atomic E-state index is 12.6. The van der Waals surface area contributed by atoms with Crippen LogP contribution in [0, 0.1) is 5.92 Å². The summed E-state index contributed by atoms with van der Waals surface area (Å²) in [7, 11) is 1.64. The molecule has 128 valence electrons. The van der Waals surface area contributed by atoms with E-state index in [1.807, 2.05) is 0 Å². The van der Waals surface area contributed by atoms with Crippen molar-refractivity contribution in [3.05, 3.63) is 40.3 Å². The molecule has 0 saturated carbocycles. The first-order valence-corrected chi connectivity index (χ1v) is 8.12. The van der Waals surface area contributed by atoms with Crippen LogP contribution in [-0.2, 0) is 6.54 Å². The molecule has 1 heterocycles. The van der Waals surface area contributed by atoms with Gasteiger partial charge >= 0.3 is 0 Å². The van der Waals surface area contributed by atoms with Crippen molar-refractivity contribution in [1.29, 1.82) is 0 Å². The quantitative estimate of drug-likeness (QED) is 0.569. The number of hydrogen-bond acceptors (Lipinski definition) is 4. The Bertz CT molecular complexity index is 816. The summed E-state index contributed by atoms with van der Waals surface area (Å²) in [6.07, 6.45) is 0.800. The number of amides is 1. The minimum absolute atomic E-state index is 0.181. The average molecular weight is 347 g/mol. The van der Waals surface area contributed by atoms with Gasteiger partial charge in [0.2, 0.25) is 0 Å². The van der Waals surface area contributed by atoms with Gasteiger partial charge in [-0.25, -0.2) is 4.68 Å². The molecule has 2 aromatic rings. The molecule has 1 aromatic carbocycles. The maximum Gasteiger partial charge on any atom is 0.290 e. The standard InChI is InChI=1S/C16H21N5O2S/c1-10(2)8-9-21-15(23)12-7-5-4-6-11(12)13(20-21)14(22)18-19-16(24)17-3/h4-7,10H,8-9H2,1-3H3,(H,18,22)(H2,17,19,24). The molecule has 0 aliphatic carbocycles. The zero-order chi connectivity index (χ0) is 17.7. The summed E-state index contributed by atoms with van der Waals surface area (Å²) in [4.78, 5) is 25.0. The van der Waals surface area contributed by atoms with Gasteiger partial charge in [-0.1, -0.05) is 32.0 Å². The van der Waals surface area contributed by atoms with Crippen LogP contribution in [0.4, 0.5) is 0 Å². The van der Waals surface area contributed by atoms with Crippen LogP contribution in [0.3, 0.4) is 0 Å². The van der Waals surface area contributed by atoms with Crippen molar-refractivity contribution >= 4 is 34.0 Å². The minimum Gasteiger partial charge on any atom is -0.364 e. The Morgan fingerprint density at radius 1 is 1.25 bits per heavy atom. The van der Waals surface area contributed by atoms with Crippen molar-refractivity contribution in [1.82, 2.24) is 25.9 Å². The van der Waals surface area contributed by atoms with E-state index in [1.165, 1.54) is 4.68 Å². The maximum absolute atomic E-state index is 12.6. The van der Waals surface area contributed by atoms with Crippen molar-refractivity contribution in [2.24, 2.45) is 5.92 Å². The molecule has 1 amide bonds. The molecule has 8 heteroatoms. The van der Waals surface area contributed by atoms with Gasteiger partial charge in [-0.05, 0) is 30.6 Å². The first-order valence-electron chi connectivity index (χ1n) is 7.72. The molecule has 0 bridgehead atoms. The number of carbonyl (C=O) groups excluding carboxylic acids is 1. The third-order valence-electron chi connectivity index (χ3n) is 3.52. The molecule has 3 N–H and O–H groups in total. The number of nitrogens with zero attached hydrogens (tertiary/aromatic N) is 2. The van der Waals surface area contributed by atoms with Crippen molar-refractivity contribution in [3.8, 4) is 0 Å². The molecular weight excluding hydrogens is 326 g/mol. The van der Waals surface area contributed by atoms with Gasteiger partial charge in [0.15, 0.2) is 10.8 Å². The number of hydrazine groups is 1. The van der Waals surface area contributed by atoms with Crippen molar-refractivity contribution < 1.29 is 4.79 Å². The summed E-state index contributed by atoms with van der Waals surface area (Å²) in [5, 5.41) is 8.22. The second-order valence-corrected chi connectivity index (χ2v) is 6.17. The van der Waals surface area contributed by atoms with Gasteiger partial charge in [0.05, 0.1) is 5.39 Å². The molecule has 0 aliphatic heterocycles. The molecule has 0 unspecified atom stereocenters. The topological polar surface area (TPSA) is 88.0 Å². The molecule has 0 radical (unpaired) electrons. The van der Waals surface area contributed by atoms with Crippen LogP contribution in [0.2, 0.25) is 0 Å². The van der Waals surface area contributed by atoms with Crippen LogP contribution in [-0.4, -0.2) is 27.8 Å². The highest BCUT2D eigenvalue weighted by Crippen LogP contribution is 2.13. The van der Waals surface area contributed by atoms with Gasteiger partial charge in [-0.3, -0.25) is 20.4 Å². The lowest BCUT2D eigenvalue weighted by Gasteiger charge is -2.13. The van der Waals surface area contributed by atoms with Gasteiger partial charge in [-0.2, -0.15) is 5.10 Å². The zero-order valence-corrected chi connectivity index (χ0v) is 14.7. The smallest absolute Gasteiger partial charge is 0.290 e. The lowest BCUT2D eigenvalue weighted by Crippen LogP contribution is -2.46. The second kappa shape index (κ2) is 7.87. The normalized spacial score (nSPS) is 10.7. The predicted octanol–water partition coefficient (Wildman–Crippen LogP) is 1.18. The number of thiocarbonyl (C=S) groups is 1. The molecule has 2 rings (SSSR count). The van der Waals surface area contributed by atoms with Crippen LogP contribution < -0.4 is 21.7 Å². The molecule has 7 nitrogen and oxygen atoms in total. The van der Waals surface area contributed by atoms with Crippen LogP contribution in [0.1, 0.15) is 30.8 Å². The molecule has 1 aromatic heterocycles. The van der Waals surface area contributed by atoms with Crippen LogP contribution in [0.25, 0.3) is 10.8 Å². The molecule has 0 saturated heterocycles. The van der Waals surface area contributed by atoms with Crippen LogP contribution in [0.5, 0.6) is 0 Å². The third kappa shape index (κ3) is 4.08. The largest absolute Gasteiger partial charge is 0.364 e. The fourth-order valence-corrected chi connectivity index (χ4v) is 2.22. The van der Waals surface area contributed by atoms with E-state index in [1.54, 1.807) is 31.3 Å². The van der Waals surface area contributed by atoms with Crippen molar-refractivity contribution in [3.63, 3.8) is 0 Å². The Morgan fingerprint density at radius 2 is 1.92 bits per heavy atom. The SMILES string of the molecule is CNC(=S)NNC(=O)c1nn(CCC(C)C)c(=O)c2ccccc12. The third-order valence-corrected chi connectivity index (χ3v) is 3.82. The summed E-state index contributed by atoms with van der Waals surface area (Å²) >= 11 is 4.92. The van der Waals surface area contributed by atoms with E-state index in [0.29, 0.717) is 23.2 Å². The summed E-state index contributed by atoms with van der Waals surface area (Å²) in [6, 6.07) is 6.95. The first kappa shape index (κ1) is 17.9. The molecule has 0 aliphatic rings. The lowest BCUT2D eigenvalue weighted by molar-refractivity contribution is 0.0938. The van der Waals surface area contributed by atoms with Crippen LogP contribution >= 0.6 is 12.2 Å². The summed E-state index contributed by atoms with van der Waals surface area (Å²) < 4.78 is 1.35. The van der Waals surface area contributed by atoms with Gasteiger partial charge in [0, 0.05) is 19.0 Å². The molecule has 24 heavy (non-hydrogen) atoms. The van der Waals surface area contributed by atoms with Gasteiger partial charge in [0.1, 0.15) is 0 Å². The van der Waals surface area contributed by atoms with E-state index < -0.39 is 5.91 Å². The highest BCUT2D eigenvalue weighted by atomic mass is 32.1. The number of aryl methyl sites for hydroxylation is 1. The fraction of sp³-hybridized carbons (Fsp3) is 0.375. The number of carbonyl (C=O) groups is 1. The number of nitrogens with one attached hydrogen (secondary N) is 3. The lowest BCUT2D eigenvalue weighted by atomic mass is 10.1. The minimum atomic E-state index is -0.456. The van der Waals surface area contributed by atoms with Gasteiger partial charge in [-0.15, -0.1) is 0 Å². The van der Waals surface area contributed by atoms with Gasteiger partial charge in [0.25, 0.3) is 11.5 Å². The van der Waals surface area contributed by atoms with Crippen molar-refractivity contribution in [2.45, 2.75) is 26.8 Å². The summed E-state index contributed by atoms with van der Waals surface area (Å²) in [5.74, 6) is -0.0285. The monoisotopic (exact) mass is 347 g/mol. The fourth-order valence-electron chi connectivity index (χ4n) is 2.17. The van der Waals surface area contributed by atoms with E-state index in [0.717, 1.165) is 6.42 Å².